The highest BCUT2D eigenvalue weighted by Crippen LogP contribution is 2.30. The van der Waals surface area contributed by atoms with Gasteiger partial charge in [0.25, 0.3) is 0 Å². The van der Waals surface area contributed by atoms with Gasteiger partial charge in [0.15, 0.2) is 0 Å². The summed E-state index contributed by atoms with van der Waals surface area (Å²) >= 11 is 0. The summed E-state index contributed by atoms with van der Waals surface area (Å²) in [7, 11) is 1.65. The SMILES string of the molecule is COc1ccc(C)cc1-c1noc([C@@H]2CCCN2)n1. The Morgan fingerprint density at radius 2 is 2.32 bits per heavy atom. The van der Waals surface area contributed by atoms with Gasteiger partial charge in [-0.2, -0.15) is 4.98 Å². The molecule has 0 aliphatic carbocycles. The van der Waals surface area contributed by atoms with Gasteiger partial charge in [0, 0.05) is 0 Å². The number of methoxy groups -OCH3 is 1. The summed E-state index contributed by atoms with van der Waals surface area (Å²) in [4.78, 5) is 4.49. The zero-order valence-corrected chi connectivity index (χ0v) is 11.1. The molecule has 1 aromatic carbocycles. The van der Waals surface area contributed by atoms with E-state index in [1.54, 1.807) is 7.11 Å². The second-order valence-corrected chi connectivity index (χ2v) is 4.81. The summed E-state index contributed by atoms with van der Waals surface area (Å²) in [5.74, 6) is 2.01. The highest BCUT2D eigenvalue weighted by atomic mass is 16.5. The molecule has 1 aliphatic heterocycles. The number of nitrogens with one attached hydrogen (secondary N) is 1. The fraction of sp³-hybridized carbons (Fsp3) is 0.429. The molecule has 19 heavy (non-hydrogen) atoms. The molecule has 100 valence electrons. The minimum Gasteiger partial charge on any atom is -0.496 e. The van der Waals surface area contributed by atoms with Crippen molar-refractivity contribution in [3.63, 3.8) is 0 Å². The van der Waals surface area contributed by atoms with Crippen molar-refractivity contribution in [1.29, 1.82) is 0 Å². The maximum atomic E-state index is 5.36. The molecule has 3 rings (SSSR count). The van der Waals surface area contributed by atoms with Crippen LogP contribution < -0.4 is 10.1 Å². The Bertz CT molecular complexity index is 574. The molecule has 0 saturated carbocycles. The third kappa shape index (κ3) is 2.33. The normalized spacial score (nSPS) is 18.7. The number of hydrogen-bond acceptors (Lipinski definition) is 5. The first-order valence-corrected chi connectivity index (χ1v) is 6.50. The van der Waals surface area contributed by atoms with Crippen molar-refractivity contribution in [2.45, 2.75) is 25.8 Å². The van der Waals surface area contributed by atoms with Crippen molar-refractivity contribution in [1.82, 2.24) is 15.5 Å². The first-order chi connectivity index (χ1) is 9.28. The van der Waals surface area contributed by atoms with Crippen molar-refractivity contribution in [2.24, 2.45) is 0 Å². The standard InChI is InChI=1S/C14H17N3O2/c1-9-5-6-12(18-2)10(8-9)13-16-14(19-17-13)11-4-3-7-15-11/h5-6,8,11,15H,3-4,7H2,1-2H3/t11-/m0/s1. The van der Waals surface area contributed by atoms with E-state index in [1.807, 2.05) is 25.1 Å². The van der Waals surface area contributed by atoms with Crippen LogP contribution in [0.1, 0.15) is 30.3 Å². The molecule has 2 aromatic rings. The average molecular weight is 259 g/mol. The molecule has 0 spiro atoms. The van der Waals surface area contributed by atoms with Crippen LogP contribution in [-0.4, -0.2) is 23.8 Å². The summed E-state index contributed by atoms with van der Waals surface area (Å²) in [6.07, 6.45) is 2.20. The van der Waals surface area contributed by atoms with E-state index in [1.165, 1.54) is 0 Å². The first kappa shape index (κ1) is 12.2. The number of nitrogens with zero attached hydrogens (tertiary/aromatic N) is 2. The molecule has 0 radical (unpaired) electrons. The molecular weight excluding hydrogens is 242 g/mol. The number of rotatable bonds is 3. The first-order valence-electron chi connectivity index (χ1n) is 6.50. The molecule has 5 nitrogen and oxygen atoms in total. The van der Waals surface area contributed by atoms with Crippen LogP contribution in [0.15, 0.2) is 22.7 Å². The number of aromatic nitrogens is 2. The van der Waals surface area contributed by atoms with Gasteiger partial charge in [-0.15, -0.1) is 0 Å². The van der Waals surface area contributed by atoms with Gasteiger partial charge in [-0.25, -0.2) is 0 Å². The minimum atomic E-state index is 0.192. The third-order valence-corrected chi connectivity index (χ3v) is 3.40. The molecule has 1 aliphatic rings. The Kier molecular flexibility index (Phi) is 3.21. The van der Waals surface area contributed by atoms with Gasteiger partial charge in [-0.05, 0) is 38.4 Å². The molecule has 1 aromatic heterocycles. The van der Waals surface area contributed by atoms with E-state index in [-0.39, 0.29) is 6.04 Å². The van der Waals surface area contributed by atoms with E-state index in [0.717, 1.165) is 36.3 Å². The molecule has 1 atom stereocenters. The fourth-order valence-electron chi connectivity index (χ4n) is 2.38. The van der Waals surface area contributed by atoms with Gasteiger partial charge >= 0.3 is 0 Å². The van der Waals surface area contributed by atoms with Crippen molar-refractivity contribution in [3.8, 4) is 17.1 Å². The Labute approximate surface area is 112 Å². The molecule has 1 saturated heterocycles. The molecule has 0 bridgehead atoms. The molecule has 2 heterocycles. The van der Waals surface area contributed by atoms with Crippen LogP contribution in [-0.2, 0) is 0 Å². The Balaban J connectivity index is 1.95. The molecular formula is C14H17N3O2. The predicted molar refractivity (Wildman–Crippen MR) is 71.0 cm³/mol. The summed E-state index contributed by atoms with van der Waals surface area (Å²) in [5, 5.41) is 7.42. The van der Waals surface area contributed by atoms with Crippen molar-refractivity contribution in [3.05, 3.63) is 29.7 Å². The summed E-state index contributed by atoms with van der Waals surface area (Å²) in [6, 6.07) is 6.13. The molecule has 5 heteroatoms. The zero-order valence-electron chi connectivity index (χ0n) is 11.1. The van der Waals surface area contributed by atoms with E-state index >= 15 is 0 Å². The van der Waals surface area contributed by atoms with Gasteiger partial charge in [0.2, 0.25) is 11.7 Å². The van der Waals surface area contributed by atoms with Crippen molar-refractivity contribution < 1.29 is 9.26 Å². The number of ether oxygens (including phenoxy) is 1. The third-order valence-electron chi connectivity index (χ3n) is 3.40. The highest BCUT2D eigenvalue weighted by molar-refractivity contribution is 5.64. The fourth-order valence-corrected chi connectivity index (χ4v) is 2.38. The lowest BCUT2D eigenvalue weighted by molar-refractivity contribution is 0.344. The lowest BCUT2D eigenvalue weighted by Gasteiger charge is -2.05. The highest BCUT2D eigenvalue weighted by Gasteiger charge is 2.23. The maximum absolute atomic E-state index is 5.36. The summed E-state index contributed by atoms with van der Waals surface area (Å²) in [5.41, 5.74) is 2.01. The Hall–Kier alpha value is -1.88. The van der Waals surface area contributed by atoms with E-state index in [4.69, 9.17) is 9.26 Å². The summed E-state index contributed by atoms with van der Waals surface area (Å²) < 4.78 is 10.7. The van der Waals surface area contributed by atoms with Crippen molar-refractivity contribution >= 4 is 0 Å². The number of aryl methyl sites for hydroxylation is 1. The van der Waals surface area contributed by atoms with E-state index in [0.29, 0.717) is 11.7 Å². The van der Waals surface area contributed by atoms with E-state index in [9.17, 15) is 0 Å². The average Bonchev–Trinajstić information content (AvgIpc) is 3.09. The van der Waals surface area contributed by atoms with Gasteiger partial charge < -0.3 is 14.6 Å². The topological polar surface area (TPSA) is 60.2 Å². The van der Waals surface area contributed by atoms with Crippen LogP contribution in [0.4, 0.5) is 0 Å². The van der Waals surface area contributed by atoms with Crippen LogP contribution in [0.2, 0.25) is 0 Å². The monoisotopic (exact) mass is 259 g/mol. The Morgan fingerprint density at radius 1 is 1.42 bits per heavy atom. The largest absolute Gasteiger partial charge is 0.496 e. The lowest BCUT2D eigenvalue weighted by atomic mass is 10.1. The van der Waals surface area contributed by atoms with Crippen LogP contribution in [0.3, 0.4) is 0 Å². The summed E-state index contributed by atoms with van der Waals surface area (Å²) in [6.45, 7) is 3.04. The quantitative estimate of drug-likeness (QED) is 0.917. The van der Waals surface area contributed by atoms with E-state index < -0.39 is 0 Å². The van der Waals surface area contributed by atoms with E-state index in [2.05, 4.69) is 15.5 Å². The second kappa shape index (κ2) is 5.01. The number of benzene rings is 1. The van der Waals surface area contributed by atoms with Gasteiger partial charge in [0.1, 0.15) is 5.75 Å². The smallest absolute Gasteiger partial charge is 0.244 e. The van der Waals surface area contributed by atoms with Crippen LogP contribution >= 0.6 is 0 Å². The van der Waals surface area contributed by atoms with Gasteiger partial charge in [0.05, 0.1) is 18.7 Å². The second-order valence-electron chi connectivity index (χ2n) is 4.81. The van der Waals surface area contributed by atoms with Gasteiger partial charge in [-0.1, -0.05) is 16.8 Å². The molecule has 1 N–H and O–H groups in total. The van der Waals surface area contributed by atoms with Crippen LogP contribution in [0.25, 0.3) is 11.4 Å². The lowest BCUT2D eigenvalue weighted by Crippen LogP contribution is -2.12. The molecule has 0 unspecified atom stereocenters. The van der Waals surface area contributed by atoms with Crippen LogP contribution in [0.5, 0.6) is 5.75 Å². The van der Waals surface area contributed by atoms with Crippen LogP contribution in [0, 0.1) is 6.92 Å². The van der Waals surface area contributed by atoms with Crippen molar-refractivity contribution in [2.75, 3.05) is 13.7 Å². The Morgan fingerprint density at radius 3 is 3.05 bits per heavy atom. The maximum Gasteiger partial charge on any atom is 0.244 e. The minimum absolute atomic E-state index is 0.192. The zero-order chi connectivity index (χ0) is 13.2. The number of hydrogen-bond donors (Lipinski definition) is 1. The molecule has 0 amide bonds. The van der Waals surface area contributed by atoms with Gasteiger partial charge in [-0.3, -0.25) is 0 Å². The predicted octanol–water partition coefficient (Wildman–Crippen LogP) is 2.48. The molecule has 1 fully saturated rings.